The Bertz CT molecular complexity index is 2750. The highest BCUT2D eigenvalue weighted by atomic mass is 15.1. The van der Waals surface area contributed by atoms with Crippen LogP contribution in [0.2, 0.25) is 0 Å². The molecule has 0 radical (unpaired) electrons. The summed E-state index contributed by atoms with van der Waals surface area (Å²) in [4.78, 5) is 4.75. The summed E-state index contributed by atoms with van der Waals surface area (Å²) in [6.07, 6.45) is 1.92. The van der Waals surface area contributed by atoms with Crippen LogP contribution in [0, 0.1) is 0 Å². The zero-order valence-electron chi connectivity index (χ0n) is 24.3. The quantitative estimate of drug-likeness (QED) is 0.206. The molecule has 0 aliphatic rings. The first-order valence-corrected chi connectivity index (χ1v) is 15.3. The summed E-state index contributed by atoms with van der Waals surface area (Å²) in [7, 11) is 0. The molecule has 10 rings (SSSR count). The van der Waals surface area contributed by atoms with E-state index < -0.39 is 0 Å². The Balaban J connectivity index is 1.43. The fraction of sp³-hybridized carbons (Fsp3) is 0. The molecule has 3 heterocycles. The molecule has 0 aliphatic heterocycles. The number of imidazole rings is 1. The molecule has 3 aromatic heterocycles. The van der Waals surface area contributed by atoms with Crippen molar-refractivity contribution in [1.82, 2.24) is 18.7 Å². The van der Waals surface area contributed by atoms with E-state index in [1.807, 2.05) is 12.4 Å². The van der Waals surface area contributed by atoms with Crippen LogP contribution >= 0.6 is 0 Å². The van der Waals surface area contributed by atoms with Gasteiger partial charge in [0.05, 0.1) is 33.1 Å². The summed E-state index contributed by atoms with van der Waals surface area (Å²) < 4.78 is 7.10. The number of hydrogen-bond acceptors (Lipinski definition) is 1. The lowest BCUT2D eigenvalue weighted by molar-refractivity contribution is 1.09. The summed E-state index contributed by atoms with van der Waals surface area (Å²) in [6, 6.07) is 54.4. The first-order valence-electron chi connectivity index (χ1n) is 15.3. The van der Waals surface area contributed by atoms with Crippen LogP contribution in [0.4, 0.5) is 0 Å². The van der Waals surface area contributed by atoms with Crippen molar-refractivity contribution in [3.05, 3.63) is 158 Å². The molecule has 4 nitrogen and oxygen atoms in total. The van der Waals surface area contributed by atoms with E-state index in [1.165, 1.54) is 54.4 Å². The highest BCUT2D eigenvalue weighted by molar-refractivity contribution is 6.36. The van der Waals surface area contributed by atoms with Crippen molar-refractivity contribution in [3.8, 4) is 17.1 Å². The smallest absolute Gasteiger partial charge is 0.100 e. The van der Waals surface area contributed by atoms with Crippen molar-refractivity contribution < 1.29 is 0 Å². The molecule has 0 saturated carbocycles. The predicted molar refractivity (Wildman–Crippen MR) is 187 cm³/mol. The first-order chi connectivity index (χ1) is 22.4. The summed E-state index contributed by atoms with van der Waals surface area (Å²) in [5, 5.41) is 7.54. The average molecular weight is 575 g/mol. The van der Waals surface area contributed by atoms with Gasteiger partial charge in [-0.3, -0.25) is 4.57 Å². The lowest BCUT2D eigenvalue weighted by Crippen LogP contribution is -1.97. The van der Waals surface area contributed by atoms with E-state index in [4.69, 9.17) is 4.98 Å². The van der Waals surface area contributed by atoms with Gasteiger partial charge in [-0.25, -0.2) is 4.98 Å². The molecule has 210 valence electrons. The molecule has 7 aromatic carbocycles. The Morgan fingerprint density at radius 3 is 1.64 bits per heavy atom. The Morgan fingerprint density at radius 1 is 0.378 bits per heavy atom. The van der Waals surface area contributed by atoms with Crippen LogP contribution in [0.3, 0.4) is 0 Å². The van der Waals surface area contributed by atoms with Crippen molar-refractivity contribution in [2.24, 2.45) is 0 Å². The molecule has 10 aromatic rings. The maximum atomic E-state index is 4.75. The molecular formula is C41H26N4. The lowest BCUT2D eigenvalue weighted by atomic mass is 9.99. The van der Waals surface area contributed by atoms with Crippen LogP contribution in [-0.2, 0) is 0 Å². The minimum absolute atomic E-state index is 0.972. The standard InChI is InChI=1S/C41H26N4/c1-3-13-27(14-4-1)43-26-42-34-24-23-29(25-37(34)43)45-36-22-12-10-20-33(36)39-40(45)31-18-8-7-17-30(31)38-32-19-9-11-21-35(32)44(41(38)39)28-15-5-2-6-16-28/h1-26H. The Labute approximate surface area is 258 Å². The Kier molecular flexibility index (Phi) is 4.96. The Morgan fingerprint density at radius 2 is 0.933 bits per heavy atom. The van der Waals surface area contributed by atoms with Crippen LogP contribution in [0.5, 0.6) is 0 Å². The number of nitrogens with zero attached hydrogens (tertiary/aromatic N) is 4. The van der Waals surface area contributed by atoms with E-state index in [2.05, 4.69) is 159 Å². The van der Waals surface area contributed by atoms with E-state index in [0.717, 1.165) is 28.1 Å². The van der Waals surface area contributed by atoms with E-state index in [-0.39, 0.29) is 0 Å². The number of rotatable bonds is 3. The van der Waals surface area contributed by atoms with Gasteiger partial charge in [0.1, 0.15) is 6.33 Å². The highest BCUT2D eigenvalue weighted by Gasteiger charge is 2.24. The monoisotopic (exact) mass is 574 g/mol. The topological polar surface area (TPSA) is 27.7 Å². The Hall–Kier alpha value is -6.13. The molecule has 4 heteroatoms. The molecule has 0 saturated heterocycles. The maximum absolute atomic E-state index is 4.75. The molecule has 0 bridgehead atoms. The molecule has 45 heavy (non-hydrogen) atoms. The van der Waals surface area contributed by atoms with Crippen molar-refractivity contribution in [1.29, 1.82) is 0 Å². The molecule has 0 aliphatic carbocycles. The third-order valence-corrected chi connectivity index (χ3v) is 9.28. The molecule has 0 amide bonds. The van der Waals surface area contributed by atoms with E-state index in [9.17, 15) is 0 Å². The highest BCUT2D eigenvalue weighted by Crippen LogP contribution is 2.46. The van der Waals surface area contributed by atoms with Crippen molar-refractivity contribution in [2.75, 3.05) is 0 Å². The first kappa shape index (κ1) is 24.3. The number of benzene rings is 7. The van der Waals surface area contributed by atoms with Crippen molar-refractivity contribution in [3.63, 3.8) is 0 Å². The number of hydrogen-bond donors (Lipinski definition) is 0. The second-order valence-electron chi connectivity index (χ2n) is 11.7. The molecular weight excluding hydrogens is 548 g/mol. The molecule has 0 atom stereocenters. The number of fused-ring (bicyclic) bond motifs is 11. The van der Waals surface area contributed by atoms with Crippen LogP contribution in [0.15, 0.2) is 158 Å². The summed E-state index contributed by atoms with van der Waals surface area (Å²) in [5.74, 6) is 0. The van der Waals surface area contributed by atoms with Crippen molar-refractivity contribution >= 4 is 65.4 Å². The molecule has 0 fully saturated rings. The predicted octanol–water partition coefficient (Wildman–Crippen LogP) is 10.4. The van der Waals surface area contributed by atoms with Gasteiger partial charge >= 0.3 is 0 Å². The van der Waals surface area contributed by atoms with Gasteiger partial charge < -0.3 is 9.13 Å². The molecule has 0 N–H and O–H groups in total. The maximum Gasteiger partial charge on any atom is 0.100 e. The average Bonchev–Trinajstić information content (AvgIpc) is 3.79. The van der Waals surface area contributed by atoms with Gasteiger partial charge in [-0.15, -0.1) is 0 Å². The fourth-order valence-corrected chi connectivity index (χ4v) is 7.43. The van der Waals surface area contributed by atoms with Crippen LogP contribution < -0.4 is 0 Å². The minimum atomic E-state index is 0.972. The van der Waals surface area contributed by atoms with Gasteiger partial charge in [0.2, 0.25) is 0 Å². The van der Waals surface area contributed by atoms with Gasteiger partial charge in [-0.2, -0.15) is 0 Å². The van der Waals surface area contributed by atoms with Gasteiger partial charge in [0, 0.05) is 44.0 Å². The van der Waals surface area contributed by atoms with Gasteiger partial charge in [-0.05, 0) is 60.0 Å². The van der Waals surface area contributed by atoms with Crippen LogP contribution in [0.25, 0.3) is 82.5 Å². The van der Waals surface area contributed by atoms with Crippen molar-refractivity contribution in [2.45, 2.75) is 0 Å². The molecule has 0 unspecified atom stereocenters. The number of aromatic nitrogens is 4. The van der Waals surface area contributed by atoms with Gasteiger partial charge in [-0.1, -0.05) is 97.1 Å². The lowest BCUT2D eigenvalue weighted by Gasteiger charge is -2.13. The van der Waals surface area contributed by atoms with Gasteiger partial charge in [0.25, 0.3) is 0 Å². The minimum Gasteiger partial charge on any atom is -0.309 e. The SMILES string of the molecule is c1ccc(-n2cnc3ccc(-n4c5ccccc5c5c4c4ccccc4c4c6ccccc6n(-c6ccccc6)c45)cc32)cc1. The zero-order chi connectivity index (χ0) is 29.5. The van der Waals surface area contributed by atoms with Gasteiger partial charge in [0.15, 0.2) is 0 Å². The van der Waals surface area contributed by atoms with E-state index >= 15 is 0 Å². The largest absolute Gasteiger partial charge is 0.309 e. The van der Waals surface area contributed by atoms with E-state index in [1.54, 1.807) is 0 Å². The number of para-hydroxylation sites is 4. The fourth-order valence-electron chi connectivity index (χ4n) is 7.43. The zero-order valence-corrected chi connectivity index (χ0v) is 24.3. The summed E-state index contributed by atoms with van der Waals surface area (Å²) in [5.41, 5.74) is 10.3. The van der Waals surface area contributed by atoms with Crippen LogP contribution in [-0.4, -0.2) is 18.7 Å². The summed E-state index contributed by atoms with van der Waals surface area (Å²) >= 11 is 0. The third kappa shape index (κ3) is 3.34. The second kappa shape index (κ2) is 9.18. The second-order valence-corrected chi connectivity index (χ2v) is 11.7. The summed E-state index contributed by atoms with van der Waals surface area (Å²) in [6.45, 7) is 0. The third-order valence-electron chi connectivity index (χ3n) is 9.28. The molecule has 0 spiro atoms. The van der Waals surface area contributed by atoms with Crippen LogP contribution in [0.1, 0.15) is 0 Å². The van der Waals surface area contributed by atoms with E-state index in [0.29, 0.717) is 0 Å². The normalized spacial score (nSPS) is 12.0.